The Hall–Kier alpha value is -2.08. The lowest BCUT2D eigenvalue weighted by Crippen LogP contribution is -2.46. The first kappa shape index (κ1) is 18.3. The summed E-state index contributed by atoms with van der Waals surface area (Å²) in [5.41, 5.74) is 2.20. The first-order chi connectivity index (χ1) is 13.3. The first-order valence-corrected chi connectivity index (χ1v) is 10.3. The van der Waals surface area contributed by atoms with E-state index in [1.54, 1.807) is 0 Å². The number of likely N-dealkylation sites (tertiary alicyclic amines) is 2. The Morgan fingerprint density at radius 1 is 1.19 bits per heavy atom. The second-order valence-corrected chi connectivity index (χ2v) is 7.81. The number of fused-ring (bicyclic) bond motifs is 1. The molecule has 3 aliphatic rings. The number of benzene rings is 1. The van der Waals surface area contributed by atoms with Crippen molar-refractivity contribution in [3.8, 4) is 0 Å². The van der Waals surface area contributed by atoms with Gasteiger partial charge in [-0.15, -0.1) is 0 Å². The van der Waals surface area contributed by atoms with Gasteiger partial charge in [0, 0.05) is 45.0 Å². The molecule has 4 rings (SSSR count). The van der Waals surface area contributed by atoms with E-state index in [1.807, 2.05) is 36.2 Å². The fourth-order valence-corrected chi connectivity index (χ4v) is 4.69. The van der Waals surface area contributed by atoms with Crippen molar-refractivity contribution < 1.29 is 4.79 Å². The molecule has 6 heteroatoms. The lowest BCUT2D eigenvalue weighted by molar-refractivity contribution is -0.117. The van der Waals surface area contributed by atoms with E-state index in [0.29, 0.717) is 19.0 Å². The average molecular weight is 370 g/mol. The topological polar surface area (TPSA) is 51.2 Å². The van der Waals surface area contributed by atoms with Crippen molar-refractivity contribution in [3.05, 3.63) is 29.8 Å². The third kappa shape index (κ3) is 3.95. The Bertz CT molecular complexity index is 698. The number of aliphatic imine (C=N–C) groups is 1. The van der Waals surface area contributed by atoms with Gasteiger partial charge in [-0.25, -0.2) is 0 Å². The molecule has 0 radical (unpaired) electrons. The Kier molecular flexibility index (Phi) is 5.62. The van der Waals surface area contributed by atoms with Crippen LogP contribution < -0.4 is 10.2 Å². The number of amides is 1. The van der Waals surface area contributed by atoms with Crippen LogP contribution in [0.1, 0.15) is 31.2 Å². The number of nitrogens with one attached hydrogen (secondary N) is 1. The van der Waals surface area contributed by atoms with Gasteiger partial charge in [-0.05, 0) is 44.0 Å². The van der Waals surface area contributed by atoms with E-state index in [0.717, 1.165) is 36.8 Å². The molecule has 0 aliphatic carbocycles. The van der Waals surface area contributed by atoms with Crippen LogP contribution in [0.25, 0.3) is 0 Å². The summed E-state index contributed by atoms with van der Waals surface area (Å²) in [4.78, 5) is 23.7. The van der Waals surface area contributed by atoms with Crippen LogP contribution in [0.4, 0.5) is 5.69 Å². The van der Waals surface area contributed by atoms with Crippen LogP contribution in [-0.4, -0.2) is 74.0 Å². The summed E-state index contributed by atoms with van der Waals surface area (Å²) < 4.78 is 0. The number of para-hydroxylation sites is 1. The van der Waals surface area contributed by atoms with Gasteiger partial charge in [-0.3, -0.25) is 14.7 Å². The Morgan fingerprint density at radius 3 is 2.81 bits per heavy atom. The van der Waals surface area contributed by atoms with Crippen molar-refractivity contribution in [1.29, 1.82) is 0 Å². The summed E-state index contributed by atoms with van der Waals surface area (Å²) in [6, 6.07) is 8.75. The fraction of sp³-hybridized carbons (Fsp3) is 0.619. The minimum Gasteiger partial charge on any atom is -0.354 e. The highest BCUT2D eigenvalue weighted by Gasteiger charge is 2.30. The molecule has 0 aromatic heterocycles. The van der Waals surface area contributed by atoms with Gasteiger partial charge in [0.15, 0.2) is 5.96 Å². The van der Waals surface area contributed by atoms with Crippen LogP contribution in [0.2, 0.25) is 0 Å². The molecular formula is C21H31N5O. The van der Waals surface area contributed by atoms with Crippen LogP contribution in [0.5, 0.6) is 0 Å². The molecule has 146 valence electrons. The molecule has 1 amide bonds. The van der Waals surface area contributed by atoms with Crippen LogP contribution in [0.3, 0.4) is 0 Å². The Labute approximate surface area is 162 Å². The SMILES string of the molecule is CN=C(NCCN1C(=O)Cc2ccccc21)N1CCC(N2CCCCC2)C1. The molecule has 1 unspecified atom stereocenters. The molecule has 1 aromatic rings. The molecule has 3 aliphatic heterocycles. The molecule has 0 saturated carbocycles. The summed E-state index contributed by atoms with van der Waals surface area (Å²) in [7, 11) is 1.85. The van der Waals surface area contributed by atoms with E-state index in [-0.39, 0.29) is 5.91 Å². The van der Waals surface area contributed by atoms with E-state index in [1.165, 1.54) is 38.8 Å². The zero-order valence-corrected chi connectivity index (χ0v) is 16.4. The van der Waals surface area contributed by atoms with E-state index in [2.05, 4.69) is 20.1 Å². The van der Waals surface area contributed by atoms with Crippen molar-refractivity contribution in [2.45, 2.75) is 38.1 Å². The second-order valence-electron chi connectivity index (χ2n) is 7.81. The molecule has 27 heavy (non-hydrogen) atoms. The van der Waals surface area contributed by atoms with Crippen LogP contribution in [0.15, 0.2) is 29.3 Å². The third-order valence-electron chi connectivity index (χ3n) is 6.13. The highest BCUT2D eigenvalue weighted by Crippen LogP contribution is 2.27. The maximum Gasteiger partial charge on any atom is 0.231 e. The third-order valence-corrected chi connectivity index (χ3v) is 6.13. The maximum atomic E-state index is 12.3. The van der Waals surface area contributed by atoms with Crippen LogP contribution in [0, 0.1) is 0 Å². The van der Waals surface area contributed by atoms with Gasteiger partial charge in [0.25, 0.3) is 0 Å². The van der Waals surface area contributed by atoms with Crippen molar-refractivity contribution in [3.63, 3.8) is 0 Å². The Balaban J connectivity index is 1.28. The molecule has 2 saturated heterocycles. The van der Waals surface area contributed by atoms with Gasteiger partial charge < -0.3 is 15.1 Å². The fourth-order valence-electron chi connectivity index (χ4n) is 4.69. The molecule has 1 N–H and O–H groups in total. The van der Waals surface area contributed by atoms with Gasteiger partial charge in [0.2, 0.25) is 5.91 Å². The van der Waals surface area contributed by atoms with E-state index in [4.69, 9.17) is 0 Å². The van der Waals surface area contributed by atoms with Gasteiger partial charge in [0.05, 0.1) is 6.42 Å². The van der Waals surface area contributed by atoms with E-state index < -0.39 is 0 Å². The molecule has 1 atom stereocenters. The zero-order valence-electron chi connectivity index (χ0n) is 16.4. The number of anilines is 1. The molecule has 6 nitrogen and oxygen atoms in total. The van der Waals surface area contributed by atoms with Gasteiger partial charge >= 0.3 is 0 Å². The van der Waals surface area contributed by atoms with Crippen molar-refractivity contribution in [2.75, 3.05) is 51.2 Å². The molecular weight excluding hydrogens is 338 g/mol. The number of hydrogen-bond acceptors (Lipinski definition) is 3. The molecule has 0 bridgehead atoms. The first-order valence-electron chi connectivity index (χ1n) is 10.3. The highest BCUT2D eigenvalue weighted by molar-refractivity contribution is 6.01. The summed E-state index contributed by atoms with van der Waals surface area (Å²) >= 11 is 0. The number of carbonyl (C=O) groups excluding carboxylic acids is 1. The number of rotatable bonds is 4. The quantitative estimate of drug-likeness (QED) is 0.649. The molecule has 0 spiro atoms. The van der Waals surface area contributed by atoms with Crippen molar-refractivity contribution in [1.82, 2.24) is 15.1 Å². The summed E-state index contributed by atoms with van der Waals surface area (Å²) in [5, 5.41) is 3.48. The highest BCUT2D eigenvalue weighted by atomic mass is 16.2. The number of nitrogens with zero attached hydrogens (tertiary/aromatic N) is 4. The van der Waals surface area contributed by atoms with Gasteiger partial charge in [-0.1, -0.05) is 24.6 Å². The van der Waals surface area contributed by atoms with E-state index >= 15 is 0 Å². The predicted molar refractivity (Wildman–Crippen MR) is 109 cm³/mol. The largest absolute Gasteiger partial charge is 0.354 e. The Morgan fingerprint density at radius 2 is 2.00 bits per heavy atom. The van der Waals surface area contributed by atoms with Gasteiger partial charge in [-0.2, -0.15) is 0 Å². The minimum absolute atomic E-state index is 0.194. The predicted octanol–water partition coefficient (Wildman–Crippen LogP) is 1.71. The number of piperidine rings is 1. The smallest absolute Gasteiger partial charge is 0.231 e. The number of guanidine groups is 1. The molecule has 1 aromatic carbocycles. The molecule has 2 fully saturated rings. The van der Waals surface area contributed by atoms with Crippen molar-refractivity contribution >= 4 is 17.6 Å². The lowest BCUT2D eigenvalue weighted by atomic mass is 10.1. The summed E-state index contributed by atoms with van der Waals surface area (Å²) in [5.74, 6) is 1.16. The maximum absolute atomic E-state index is 12.3. The summed E-state index contributed by atoms with van der Waals surface area (Å²) in [6.45, 7) is 6.02. The van der Waals surface area contributed by atoms with Crippen LogP contribution >= 0.6 is 0 Å². The standard InChI is InChI=1S/C21H31N5O/c1-22-21(25-13-9-18(16-25)24-11-5-2-6-12-24)23-10-14-26-19-8-4-3-7-17(19)15-20(26)27/h3-4,7-8,18H,2,5-6,9-16H2,1H3,(H,22,23). The van der Waals surface area contributed by atoms with Crippen LogP contribution in [-0.2, 0) is 11.2 Å². The van der Waals surface area contributed by atoms with E-state index in [9.17, 15) is 4.79 Å². The monoisotopic (exact) mass is 369 g/mol. The molecule has 3 heterocycles. The minimum atomic E-state index is 0.194. The second kappa shape index (κ2) is 8.30. The normalized spacial score (nSPS) is 23.8. The zero-order chi connectivity index (χ0) is 18.6. The number of carbonyl (C=O) groups is 1. The lowest BCUT2D eigenvalue weighted by Gasteiger charge is -2.32. The van der Waals surface area contributed by atoms with Gasteiger partial charge in [0.1, 0.15) is 0 Å². The summed E-state index contributed by atoms with van der Waals surface area (Å²) in [6.07, 6.45) is 5.81. The van der Waals surface area contributed by atoms with Crippen molar-refractivity contribution in [2.24, 2.45) is 4.99 Å². The average Bonchev–Trinajstić information content (AvgIpc) is 3.31. The number of hydrogen-bond donors (Lipinski definition) is 1.